The molecule has 70 valence electrons. The maximum Gasteiger partial charge on any atom is 0.00442 e. The summed E-state index contributed by atoms with van der Waals surface area (Å²) in [4.78, 5) is 1.34. The summed E-state index contributed by atoms with van der Waals surface area (Å²) in [6.45, 7) is 10.9. The van der Waals surface area contributed by atoms with Gasteiger partial charge in [0, 0.05) is 5.92 Å². The third kappa shape index (κ3) is 3.46. The molecule has 12 heavy (non-hydrogen) atoms. The minimum absolute atomic E-state index is 0.484. The van der Waals surface area contributed by atoms with Gasteiger partial charge < -0.3 is 5.73 Å². The van der Waals surface area contributed by atoms with E-state index in [9.17, 15) is 0 Å². The summed E-state index contributed by atoms with van der Waals surface area (Å²) in [6, 6.07) is 0. The topological polar surface area (TPSA) is 26.0 Å². The summed E-state index contributed by atoms with van der Waals surface area (Å²) >= 11 is 1.68. The van der Waals surface area contributed by atoms with Crippen molar-refractivity contribution < 1.29 is 0 Å². The fourth-order valence-electron chi connectivity index (χ4n) is 1.18. The Morgan fingerprint density at radius 3 is 2.42 bits per heavy atom. The van der Waals surface area contributed by atoms with Gasteiger partial charge in [-0.05, 0) is 29.7 Å². The Balaban J connectivity index is 4.34. The van der Waals surface area contributed by atoms with Crippen molar-refractivity contribution >= 4 is 11.8 Å². The zero-order valence-electron chi connectivity index (χ0n) is 8.21. The van der Waals surface area contributed by atoms with E-state index in [1.807, 2.05) is 5.41 Å². The van der Waals surface area contributed by atoms with Crippen molar-refractivity contribution in [2.45, 2.75) is 20.8 Å². The molecule has 0 aliphatic rings. The largest absolute Gasteiger partial charge is 0.330 e. The van der Waals surface area contributed by atoms with Crippen LogP contribution in [0.2, 0.25) is 0 Å². The first kappa shape index (κ1) is 11.8. The Labute approximate surface area is 80.1 Å². The monoisotopic (exact) mass is 185 g/mol. The van der Waals surface area contributed by atoms with E-state index < -0.39 is 0 Å². The molecule has 0 aliphatic carbocycles. The normalized spacial score (nSPS) is 14.9. The van der Waals surface area contributed by atoms with E-state index in [4.69, 9.17) is 5.73 Å². The second-order valence-corrected chi connectivity index (χ2v) is 4.10. The number of nitrogens with two attached hydrogens (primary N) is 1. The molecule has 0 fully saturated rings. The molecule has 0 aromatic rings. The zero-order valence-corrected chi connectivity index (χ0v) is 9.03. The van der Waals surface area contributed by atoms with Crippen LogP contribution in [0.3, 0.4) is 0 Å². The first-order valence-corrected chi connectivity index (χ1v) is 5.19. The minimum Gasteiger partial charge on any atom is -0.330 e. The Kier molecular flexibility index (Phi) is 6.21. The van der Waals surface area contributed by atoms with Crippen molar-refractivity contribution in [3.63, 3.8) is 0 Å². The number of hydrogen-bond donors (Lipinski definition) is 1. The van der Waals surface area contributed by atoms with Gasteiger partial charge in [0.05, 0.1) is 0 Å². The average Bonchev–Trinajstić information content (AvgIpc) is 2.03. The maximum atomic E-state index is 5.69. The van der Waals surface area contributed by atoms with Gasteiger partial charge in [0.2, 0.25) is 0 Å². The Morgan fingerprint density at radius 2 is 2.17 bits per heavy atom. The van der Waals surface area contributed by atoms with Crippen molar-refractivity contribution in [2.75, 3.05) is 6.54 Å². The second-order valence-electron chi connectivity index (χ2n) is 3.06. The van der Waals surface area contributed by atoms with E-state index in [0.29, 0.717) is 11.8 Å². The van der Waals surface area contributed by atoms with Crippen molar-refractivity contribution in [1.29, 1.82) is 0 Å². The van der Waals surface area contributed by atoms with Crippen molar-refractivity contribution in [3.05, 3.63) is 23.0 Å². The predicted octanol–water partition coefficient (Wildman–Crippen LogP) is 3.00. The highest BCUT2D eigenvalue weighted by atomic mass is 32.2. The van der Waals surface area contributed by atoms with Gasteiger partial charge in [-0.15, -0.1) is 11.8 Å². The predicted molar refractivity (Wildman–Crippen MR) is 58.9 cm³/mol. The third-order valence-electron chi connectivity index (χ3n) is 1.93. The molecule has 0 amide bonds. The zero-order chi connectivity index (χ0) is 9.56. The first-order valence-electron chi connectivity index (χ1n) is 4.31. The summed E-state index contributed by atoms with van der Waals surface area (Å²) in [7, 11) is 0. The third-order valence-corrected chi connectivity index (χ3v) is 2.91. The van der Waals surface area contributed by atoms with Crippen molar-refractivity contribution in [1.82, 2.24) is 0 Å². The number of allylic oxidation sites excluding steroid dienone is 1. The number of rotatable bonds is 5. The standard InChI is InChI=1S/C10H19NS/c1-5-10(12-6-2)9(7-11)8(3)4/h5-6,8-9H,2,7,11H2,1,3-4H3/b10-5-. The van der Waals surface area contributed by atoms with Gasteiger partial charge in [-0.25, -0.2) is 0 Å². The summed E-state index contributed by atoms with van der Waals surface area (Å²) < 4.78 is 0. The van der Waals surface area contributed by atoms with Crippen LogP contribution >= 0.6 is 11.8 Å². The lowest BCUT2D eigenvalue weighted by atomic mass is 9.95. The molecular formula is C10H19NS. The lowest BCUT2D eigenvalue weighted by molar-refractivity contribution is 0.468. The van der Waals surface area contributed by atoms with Gasteiger partial charge in [-0.2, -0.15) is 0 Å². The Bertz CT molecular complexity index is 161. The quantitative estimate of drug-likeness (QED) is 0.712. The molecule has 0 heterocycles. The molecule has 2 heteroatoms. The smallest absolute Gasteiger partial charge is 0.00442 e. The molecule has 0 rings (SSSR count). The van der Waals surface area contributed by atoms with Crippen LogP contribution in [-0.2, 0) is 0 Å². The van der Waals surface area contributed by atoms with Gasteiger partial charge in [-0.3, -0.25) is 0 Å². The summed E-state index contributed by atoms with van der Waals surface area (Å²) in [5.74, 6) is 1.09. The van der Waals surface area contributed by atoms with E-state index >= 15 is 0 Å². The molecule has 0 radical (unpaired) electrons. The van der Waals surface area contributed by atoms with Crippen LogP contribution in [0.4, 0.5) is 0 Å². The van der Waals surface area contributed by atoms with Gasteiger partial charge in [0.15, 0.2) is 0 Å². The molecule has 0 spiro atoms. The summed E-state index contributed by atoms with van der Waals surface area (Å²) in [6.07, 6.45) is 2.13. The minimum atomic E-state index is 0.484. The van der Waals surface area contributed by atoms with Crippen LogP contribution in [0.5, 0.6) is 0 Å². The highest BCUT2D eigenvalue weighted by molar-refractivity contribution is 8.05. The van der Waals surface area contributed by atoms with Gasteiger partial charge in [0.1, 0.15) is 0 Å². The average molecular weight is 185 g/mol. The SMILES string of the molecule is C=CS/C(=C\C)C(CN)C(C)C. The number of hydrogen-bond acceptors (Lipinski definition) is 2. The molecule has 1 atom stereocenters. The van der Waals surface area contributed by atoms with Crippen LogP contribution < -0.4 is 5.73 Å². The van der Waals surface area contributed by atoms with E-state index in [0.717, 1.165) is 6.54 Å². The van der Waals surface area contributed by atoms with Gasteiger partial charge in [-0.1, -0.05) is 26.5 Å². The van der Waals surface area contributed by atoms with Crippen LogP contribution in [0, 0.1) is 11.8 Å². The molecule has 0 saturated heterocycles. The maximum absolute atomic E-state index is 5.69. The van der Waals surface area contributed by atoms with Gasteiger partial charge in [0.25, 0.3) is 0 Å². The molecule has 0 bridgehead atoms. The Hall–Kier alpha value is -0.210. The molecular weight excluding hydrogens is 166 g/mol. The van der Waals surface area contributed by atoms with E-state index in [1.54, 1.807) is 11.8 Å². The van der Waals surface area contributed by atoms with Crippen LogP contribution in [-0.4, -0.2) is 6.54 Å². The lowest BCUT2D eigenvalue weighted by Gasteiger charge is -2.20. The van der Waals surface area contributed by atoms with E-state index in [-0.39, 0.29) is 0 Å². The first-order chi connectivity index (χ1) is 5.67. The van der Waals surface area contributed by atoms with E-state index in [1.165, 1.54) is 4.91 Å². The van der Waals surface area contributed by atoms with Crippen LogP contribution in [0.15, 0.2) is 23.0 Å². The molecule has 1 nitrogen and oxygen atoms in total. The molecule has 0 aromatic heterocycles. The fourth-order valence-corrected chi connectivity index (χ4v) is 2.05. The van der Waals surface area contributed by atoms with Crippen LogP contribution in [0.1, 0.15) is 20.8 Å². The van der Waals surface area contributed by atoms with Gasteiger partial charge >= 0.3 is 0 Å². The highest BCUT2D eigenvalue weighted by Gasteiger charge is 2.15. The Morgan fingerprint density at radius 1 is 1.58 bits per heavy atom. The molecule has 0 saturated carbocycles. The summed E-state index contributed by atoms with van der Waals surface area (Å²) in [5, 5.41) is 1.86. The lowest BCUT2D eigenvalue weighted by Crippen LogP contribution is -2.20. The fraction of sp³-hybridized carbons (Fsp3) is 0.600. The molecule has 2 N–H and O–H groups in total. The summed E-state index contributed by atoms with van der Waals surface area (Å²) in [5.41, 5.74) is 5.69. The van der Waals surface area contributed by atoms with Crippen molar-refractivity contribution in [3.8, 4) is 0 Å². The molecule has 1 unspecified atom stereocenters. The molecule has 0 aliphatic heterocycles. The second kappa shape index (κ2) is 6.32. The number of thioether (sulfide) groups is 1. The highest BCUT2D eigenvalue weighted by Crippen LogP contribution is 2.29. The van der Waals surface area contributed by atoms with Crippen LogP contribution in [0.25, 0.3) is 0 Å². The molecule has 0 aromatic carbocycles. The van der Waals surface area contributed by atoms with E-state index in [2.05, 4.69) is 33.4 Å². The van der Waals surface area contributed by atoms with Crippen molar-refractivity contribution in [2.24, 2.45) is 17.6 Å².